The molecule has 0 aliphatic carbocycles. The lowest BCUT2D eigenvalue weighted by atomic mass is 10.0. The predicted octanol–water partition coefficient (Wildman–Crippen LogP) is 9.56. The standard InChI is InChI=1S/C38H33N3O5S2/c42-23-25-13-15-26(16-14-25)34-22-32(24-47-38-41-33-11-4-5-12-35(33)48-38)45-36(46-34)27-7-6-8-29(21-27)40-37(43)39-28-17-19-31(20-18-28)44-30-9-2-1-3-10-30/h1-21,32,34,36,42H,22-24H2,(H2,39,40,43)/t32-,34+,36+/m0/s1. The second-order valence-electron chi connectivity index (χ2n) is 11.3. The Morgan fingerprint density at radius 2 is 1.56 bits per heavy atom. The van der Waals surface area contributed by atoms with Crippen LogP contribution in [0.5, 0.6) is 11.5 Å². The van der Waals surface area contributed by atoms with E-state index in [0.29, 0.717) is 29.3 Å². The van der Waals surface area contributed by atoms with Gasteiger partial charge in [0.1, 0.15) is 11.5 Å². The van der Waals surface area contributed by atoms with Crippen LogP contribution in [0.2, 0.25) is 0 Å². The first kappa shape index (κ1) is 31.9. The normalized spacial score (nSPS) is 17.6. The topological polar surface area (TPSA) is 102 Å². The highest BCUT2D eigenvalue weighted by atomic mass is 32.2. The van der Waals surface area contributed by atoms with Gasteiger partial charge in [0.25, 0.3) is 0 Å². The number of rotatable bonds is 10. The van der Waals surface area contributed by atoms with Crippen molar-refractivity contribution in [1.82, 2.24) is 4.98 Å². The molecule has 242 valence electrons. The zero-order valence-electron chi connectivity index (χ0n) is 25.8. The molecule has 2 heterocycles. The van der Waals surface area contributed by atoms with E-state index in [1.54, 1.807) is 47.4 Å². The highest BCUT2D eigenvalue weighted by Gasteiger charge is 2.32. The molecule has 0 spiro atoms. The minimum absolute atomic E-state index is 0.0136. The second-order valence-corrected chi connectivity index (χ2v) is 13.6. The summed E-state index contributed by atoms with van der Waals surface area (Å²) in [5, 5.41) is 15.3. The van der Waals surface area contributed by atoms with Gasteiger partial charge in [0.2, 0.25) is 0 Å². The molecule has 1 aromatic heterocycles. The van der Waals surface area contributed by atoms with Crippen LogP contribution in [-0.2, 0) is 16.1 Å². The summed E-state index contributed by atoms with van der Waals surface area (Å²) >= 11 is 3.37. The number of carbonyl (C=O) groups is 1. The van der Waals surface area contributed by atoms with Gasteiger partial charge in [-0.2, -0.15) is 0 Å². The maximum atomic E-state index is 12.9. The molecule has 3 atom stereocenters. The summed E-state index contributed by atoms with van der Waals surface area (Å²) in [7, 11) is 0. The third kappa shape index (κ3) is 8.04. The molecule has 1 aliphatic rings. The molecule has 48 heavy (non-hydrogen) atoms. The fourth-order valence-electron chi connectivity index (χ4n) is 5.39. The van der Waals surface area contributed by atoms with Crippen molar-refractivity contribution in [2.75, 3.05) is 16.4 Å². The molecule has 8 nitrogen and oxygen atoms in total. The van der Waals surface area contributed by atoms with Crippen LogP contribution in [-0.4, -0.2) is 28.0 Å². The van der Waals surface area contributed by atoms with E-state index < -0.39 is 6.29 Å². The van der Waals surface area contributed by atoms with Gasteiger partial charge in [-0.15, -0.1) is 11.3 Å². The molecule has 0 saturated carbocycles. The Labute approximate surface area is 286 Å². The van der Waals surface area contributed by atoms with Crippen molar-refractivity contribution in [3.8, 4) is 11.5 Å². The number of urea groups is 1. The molecule has 0 radical (unpaired) electrons. The lowest BCUT2D eigenvalue weighted by molar-refractivity contribution is -0.245. The SMILES string of the molecule is O=C(Nc1ccc(Oc2ccccc2)cc1)Nc1cccc([C@@H]2O[C@H](CSc3nc4ccccc4s3)C[C@H](c3ccc(CO)cc3)O2)c1. The number of benzene rings is 5. The van der Waals surface area contributed by atoms with E-state index in [1.165, 1.54) is 0 Å². The summed E-state index contributed by atoms with van der Waals surface area (Å²) in [6.07, 6.45) is -0.310. The van der Waals surface area contributed by atoms with Crippen LogP contribution in [0.1, 0.15) is 35.5 Å². The van der Waals surface area contributed by atoms with Crippen LogP contribution in [0.4, 0.5) is 16.2 Å². The van der Waals surface area contributed by atoms with Crippen molar-refractivity contribution in [2.45, 2.75) is 35.9 Å². The molecule has 10 heteroatoms. The number of aliphatic hydroxyl groups is 1. The van der Waals surface area contributed by atoms with Crippen molar-refractivity contribution in [3.05, 3.63) is 144 Å². The first-order valence-corrected chi connectivity index (χ1v) is 17.4. The molecule has 0 bridgehead atoms. The fourth-order valence-corrected chi connectivity index (χ4v) is 7.50. The van der Waals surface area contributed by atoms with Gasteiger partial charge < -0.3 is 30.0 Å². The van der Waals surface area contributed by atoms with Gasteiger partial charge in [0.05, 0.1) is 29.0 Å². The lowest BCUT2D eigenvalue weighted by Gasteiger charge is -2.36. The molecule has 3 N–H and O–H groups in total. The molecule has 2 amide bonds. The average molecular weight is 676 g/mol. The Kier molecular flexibility index (Phi) is 9.97. The van der Waals surface area contributed by atoms with Gasteiger partial charge in [0.15, 0.2) is 10.6 Å². The summed E-state index contributed by atoms with van der Waals surface area (Å²) < 4.78 is 21.1. The van der Waals surface area contributed by atoms with E-state index >= 15 is 0 Å². The van der Waals surface area contributed by atoms with E-state index in [4.69, 9.17) is 19.2 Å². The third-order valence-corrected chi connectivity index (χ3v) is 10.1. The lowest BCUT2D eigenvalue weighted by Crippen LogP contribution is -2.31. The largest absolute Gasteiger partial charge is 0.457 e. The average Bonchev–Trinajstić information content (AvgIpc) is 3.55. The first-order chi connectivity index (χ1) is 23.6. The second kappa shape index (κ2) is 15.0. The van der Waals surface area contributed by atoms with Crippen LogP contribution in [0, 0.1) is 0 Å². The van der Waals surface area contributed by atoms with E-state index in [2.05, 4.69) is 16.7 Å². The molecule has 6 aromatic rings. The zero-order chi connectivity index (χ0) is 32.7. The molecule has 0 unspecified atom stereocenters. The molecule has 1 fully saturated rings. The molecular formula is C38H33N3O5S2. The maximum absolute atomic E-state index is 12.9. The smallest absolute Gasteiger partial charge is 0.323 e. The van der Waals surface area contributed by atoms with Gasteiger partial charge >= 0.3 is 6.03 Å². The van der Waals surface area contributed by atoms with E-state index in [-0.39, 0.29) is 24.8 Å². The Morgan fingerprint density at radius 1 is 0.812 bits per heavy atom. The van der Waals surface area contributed by atoms with Crippen molar-refractivity contribution in [2.24, 2.45) is 0 Å². The molecule has 1 aliphatic heterocycles. The molecule has 7 rings (SSSR count). The van der Waals surface area contributed by atoms with Crippen molar-refractivity contribution >= 4 is 50.7 Å². The number of carbonyl (C=O) groups excluding carboxylic acids is 1. The number of thiazole rings is 1. The fraction of sp³-hybridized carbons (Fsp3) is 0.158. The van der Waals surface area contributed by atoms with Gasteiger partial charge in [-0.05, 0) is 71.8 Å². The van der Waals surface area contributed by atoms with E-state index in [1.807, 2.05) is 97.1 Å². The third-order valence-electron chi connectivity index (χ3n) is 7.79. The number of nitrogens with zero attached hydrogens (tertiary/aromatic N) is 1. The first-order valence-electron chi connectivity index (χ1n) is 15.6. The van der Waals surface area contributed by atoms with Crippen molar-refractivity contribution in [3.63, 3.8) is 0 Å². The van der Waals surface area contributed by atoms with Crippen LogP contribution in [0.25, 0.3) is 10.2 Å². The number of para-hydroxylation sites is 2. The number of amides is 2. The number of hydrogen-bond acceptors (Lipinski definition) is 8. The van der Waals surface area contributed by atoms with Crippen LogP contribution in [0.15, 0.2) is 132 Å². The van der Waals surface area contributed by atoms with Crippen molar-refractivity contribution in [1.29, 1.82) is 0 Å². The summed E-state index contributed by atoms with van der Waals surface area (Å²) in [6.45, 7) is -0.0136. The number of thioether (sulfide) groups is 1. The summed E-state index contributed by atoms with van der Waals surface area (Å²) in [5.41, 5.74) is 4.90. The number of anilines is 2. The minimum atomic E-state index is -0.649. The van der Waals surface area contributed by atoms with Crippen molar-refractivity contribution < 1.29 is 24.1 Å². The van der Waals surface area contributed by atoms with E-state index in [0.717, 1.165) is 37.0 Å². The number of aliphatic hydroxyl groups excluding tert-OH is 1. The Balaban J connectivity index is 1.02. The Bertz CT molecular complexity index is 1940. The molecule has 1 saturated heterocycles. The number of ether oxygens (including phenoxy) is 3. The highest BCUT2D eigenvalue weighted by molar-refractivity contribution is 8.01. The minimum Gasteiger partial charge on any atom is -0.457 e. The van der Waals surface area contributed by atoms with Gasteiger partial charge in [-0.25, -0.2) is 9.78 Å². The monoisotopic (exact) mass is 675 g/mol. The van der Waals surface area contributed by atoms with Gasteiger partial charge in [0, 0.05) is 29.1 Å². The van der Waals surface area contributed by atoms with Gasteiger partial charge in [-0.3, -0.25) is 0 Å². The summed E-state index contributed by atoms with van der Waals surface area (Å²) in [5.74, 6) is 2.12. The number of hydrogen-bond donors (Lipinski definition) is 3. The van der Waals surface area contributed by atoms with Crippen LogP contribution < -0.4 is 15.4 Å². The summed E-state index contributed by atoms with van der Waals surface area (Å²) in [6, 6.07) is 39.8. The number of aromatic nitrogens is 1. The molecular weight excluding hydrogens is 643 g/mol. The maximum Gasteiger partial charge on any atom is 0.323 e. The summed E-state index contributed by atoms with van der Waals surface area (Å²) in [4.78, 5) is 17.7. The number of fused-ring (bicyclic) bond motifs is 1. The van der Waals surface area contributed by atoms with Gasteiger partial charge in [-0.1, -0.05) is 78.5 Å². The van der Waals surface area contributed by atoms with Crippen LogP contribution >= 0.6 is 23.1 Å². The number of nitrogens with one attached hydrogen (secondary N) is 2. The highest BCUT2D eigenvalue weighted by Crippen LogP contribution is 2.40. The van der Waals surface area contributed by atoms with Crippen LogP contribution in [0.3, 0.4) is 0 Å². The van der Waals surface area contributed by atoms with E-state index in [9.17, 15) is 9.90 Å². The predicted molar refractivity (Wildman–Crippen MR) is 191 cm³/mol. The Hall–Kier alpha value is -4.71. The quantitative estimate of drug-likeness (QED) is 0.124. The molecule has 5 aromatic carbocycles. The zero-order valence-corrected chi connectivity index (χ0v) is 27.5. The Morgan fingerprint density at radius 3 is 2.35 bits per heavy atom.